The maximum absolute atomic E-state index is 3.51. The molecule has 60 valence electrons. The summed E-state index contributed by atoms with van der Waals surface area (Å²) in [6.45, 7) is 3.60. The lowest BCUT2D eigenvalue weighted by atomic mass is 9.68. The van der Waals surface area contributed by atoms with Crippen molar-refractivity contribution >= 4 is 12.4 Å². The van der Waals surface area contributed by atoms with Gasteiger partial charge in [-0.05, 0) is 31.6 Å². The molecule has 2 rings (SSSR count). The molecule has 1 spiro atoms. The fourth-order valence-electron chi connectivity index (χ4n) is 2.24. The number of hydrogen-bond acceptors (Lipinski definition) is 1. The Kier molecular flexibility index (Phi) is 2.26. The zero-order valence-corrected chi connectivity index (χ0v) is 7.34. The molecule has 1 saturated carbocycles. The fraction of sp³-hybridized carbons (Fsp3) is 1.00. The van der Waals surface area contributed by atoms with Crippen LogP contribution in [-0.4, -0.2) is 12.6 Å². The molecule has 2 heteroatoms. The smallest absolute Gasteiger partial charge is 0.00447 e. The van der Waals surface area contributed by atoms with Gasteiger partial charge in [-0.2, -0.15) is 0 Å². The van der Waals surface area contributed by atoms with Crippen molar-refractivity contribution in [2.45, 2.75) is 38.6 Å². The van der Waals surface area contributed by atoms with E-state index in [1.165, 1.54) is 32.2 Å². The van der Waals surface area contributed by atoms with Crippen molar-refractivity contribution in [3.05, 3.63) is 0 Å². The highest BCUT2D eigenvalue weighted by Crippen LogP contribution is 2.46. The number of halogens is 1. The standard InChI is InChI=1S/C8H15N.ClH/c1-7-5-8(6-9-7)3-2-4-8;/h7,9H,2-6H2,1H3;1H/t7-;/m1./s1. The van der Waals surface area contributed by atoms with Crippen molar-refractivity contribution in [3.8, 4) is 0 Å². The summed E-state index contributed by atoms with van der Waals surface area (Å²) < 4.78 is 0. The quantitative estimate of drug-likeness (QED) is 0.573. The monoisotopic (exact) mass is 161 g/mol. The van der Waals surface area contributed by atoms with Crippen molar-refractivity contribution < 1.29 is 0 Å². The lowest BCUT2D eigenvalue weighted by Crippen LogP contribution is -2.31. The normalized spacial score (nSPS) is 35.1. The number of nitrogens with one attached hydrogen (secondary N) is 1. The molecular weight excluding hydrogens is 146 g/mol. The van der Waals surface area contributed by atoms with Crippen LogP contribution in [0.3, 0.4) is 0 Å². The van der Waals surface area contributed by atoms with Crippen molar-refractivity contribution in [2.75, 3.05) is 6.54 Å². The van der Waals surface area contributed by atoms with E-state index in [0.29, 0.717) is 0 Å². The number of hydrogen-bond donors (Lipinski definition) is 1. The first-order chi connectivity index (χ1) is 4.31. The molecule has 1 aliphatic carbocycles. The summed E-state index contributed by atoms with van der Waals surface area (Å²) in [7, 11) is 0. The molecule has 0 unspecified atom stereocenters. The zero-order valence-electron chi connectivity index (χ0n) is 6.52. The van der Waals surface area contributed by atoms with Crippen molar-refractivity contribution in [1.82, 2.24) is 5.32 Å². The van der Waals surface area contributed by atoms with Crippen LogP contribution in [0.4, 0.5) is 0 Å². The molecule has 1 atom stereocenters. The van der Waals surface area contributed by atoms with Gasteiger partial charge in [-0.3, -0.25) is 0 Å². The minimum Gasteiger partial charge on any atom is -0.314 e. The average molecular weight is 162 g/mol. The minimum absolute atomic E-state index is 0. The second-order valence-corrected chi connectivity index (χ2v) is 3.84. The van der Waals surface area contributed by atoms with Gasteiger partial charge in [-0.15, -0.1) is 12.4 Å². The van der Waals surface area contributed by atoms with Gasteiger partial charge in [0.2, 0.25) is 0 Å². The lowest BCUT2D eigenvalue weighted by Gasteiger charge is -2.37. The van der Waals surface area contributed by atoms with Crippen LogP contribution >= 0.6 is 12.4 Å². The minimum atomic E-state index is 0. The van der Waals surface area contributed by atoms with E-state index >= 15 is 0 Å². The first-order valence-electron chi connectivity index (χ1n) is 4.04. The van der Waals surface area contributed by atoms with Gasteiger partial charge < -0.3 is 5.32 Å². The predicted octanol–water partition coefficient (Wildman–Crippen LogP) is 1.96. The van der Waals surface area contributed by atoms with Gasteiger partial charge in [0.25, 0.3) is 0 Å². The number of rotatable bonds is 0. The van der Waals surface area contributed by atoms with Crippen LogP contribution in [0.25, 0.3) is 0 Å². The zero-order chi connectivity index (χ0) is 6.32. The Balaban J connectivity index is 0.000000500. The molecular formula is C8H16ClN. The largest absolute Gasteiger partial charge is 0.314 e. The van der Waals surface area contributed by atoms with Crippen LogP contribution in [0.5, 0.6) is 0 Å². The summed E-state index contributed by atoms with van der Waals surface area (Å²) in [6, 6.07) is 0.797. The van der Waals surface area contributed by atoms with Gasteiger partial charge in [0.1, 0.15) is 0 Å². The van der Waals surface area contributed by atoms with Gasteiger partial charge in [0, 0.05) is 12.6 Å². The summed E-state index contributed by atoms with van der Waals surface area (Å²) in [5.41, 5.74) is 0.777. The summed E-state index contributed by atoms with van der Waals surface area (Å²) in [5.74, 6) is 0. The van der Waals surface area contributed by atoms with Crippen LogP contribution in [0.2, 0.25) is 0 Å². The van der Waals surface area contributed by atoms with Crippen molar-refractivity contribution in [3.63, 3.8) is 0 Å². The molecule has 1 saturated heterocycles. The maximum atomic E-state index is 3.51. The van der Waals surface area contributed by atoms with E-state index in [1.54, 1.807) is 0 Å². The van der Waals surface area contributed by atoms with Crippen LogP contribution in [0, 0.1) is 5.41 Å². The molecule has 0 amide bonds. The fourth-order valence-corrected chi connectivity index (χ4v) is 2.24. The SMILES string of the molecule is C[C@@H]1CC2(CCC2)CN1.Cl. The van der Waals surface area contributed by atoms with Crippen molar-refractivity contribution in [1.29, 1.82) is 0 Å². The van der Waals surface area contributed by atoms with E-state index in [-0.39, 0.29) is 12.4 Å². The van der Waals surface area contributed by atoms with Crippen molar-refractivity contribution in [2.24, 2.45) is 5.41 Å². The van der Waals surface area contributed by atoms with Crippen LogP contribution in [-0.2, 0) is 0 Å². The van der Waals surface area contributed by atoms with Crippen LogP contribution in [0.1, 0.15) is 32.6 Å². The first kappa shape index (κ1) is 8.35. The molecule has 10 heavy (non-hydrogen) atoms. The molecule has 2 aliphatic rings. The van der Waals surface area contributed by atoms with E-state index in [1.807, 2.05) is 0 Å². The third-order valence-corrected chi connectivity index (χ3v) is 2.98. The average Bonchev–Trinajstić information content (AvgIpc) is 2.09. The van der Waals surface area contributed by atoms with E-state index < -0.39 is 0 Å². The Morgan fingerprint density at radius 1 is 1.40 bits per heavy atom. The molecule has 1 aliphatic heterocycles. The second kappa shape index (κ2) is 2.71. The van der Waals surface area contributed by atoms with E-state index in [9.17, 15) is 0 Å². The van der Waals surface area contributed by atoms with Gasteiger partial charge in [-0.25, -0.2) is 0 Å². The topological polar surface area (TPSA) is 12.0 Å². The molecule has 2 fully saturated rings. The van der Waals surface area contributed by atoms with Crippen LogP contribution < -0.4 is 5.32 Å². The third-order valence-electron chi connectivity index (χ3n) is 2.98. The Bertz CT molecular complexity index is 120. The summed E-state index contributed by atoms with van der Waals surface area (Å²) >= 11 is 0. The molecule has 1 nitrogen and oxygen atoms in total. The maximum Gasteiger partial charge on any atom is 0.00447 e. The summed E-state index contributed by atoms with van der Waals surface area (Å²) in [5, 5.41) is 3.51. The second-order valence-electron chi connectivity index (χ2n) is 3.84. The third kappa shape index (κ3) is 1.17. The van der Waals surface area contributed by atoms with E-state index in [4.69, 9.17) is 0 Å². The molecule has 0 aromatic rings. The molecule has 0 aromatic carbocycles. The van der Waals surface area contributed by atoms with Gasteiger partial charge in [0.15, 0.2) is 0 Å². The predicted molar refractivity (Wildman–Crippen MR) is 45.6 cm³/mol. The molecule has 1 heterocycles. The Morgan fingerprint density at radius 3 is 2.30 bits per heavy atom. The Morgan fingerprint density at radius 2 is 2.10 bits per heavy atom. The highest BCUT2D eigenvalue weighted by Gasteiger charge is 2.41. The van der Waals surface area contributed by atoms with Gasteiger partial charge >= 0.3 is 0 Å². The van der Waals surface area contributed by atoms with E-state index in [2.05, 4.69) is 12.2 Å². The highest BCUT2D eigenvalue weighted by atomic mass is 35.5. The summed E-state index contributed by atoms with van der Waals surface area (Å²) in [4.78, 5) is 0. The Hall–Kier alpha value is 0.250. The molecule has 0 radical (unpaired) electrons. The molecule has 0 bridgehead atoms. The Labute approximate surface area is 69.0 Å². The van der Waals surface area contributed by atoms with Gasteiger partial charge in [-0.1, -0.05) is 6.42 Å². The molecule has 1 N–H and O–H groups in total. The lowest BCUT2D eigenvalue weighted by molar-refractivity contribution is 0.159. The highest BCUT2D eigenvalue weighted by molar-refractivity contribution is 5.85. The van der Waals surface area contributed by atoms with Crippen LogP contribution in [0.15, 0.2) is 0 Å². The van der Waals surface area contributed by atoms with Gasteiger partial charge in [0.05, 0.1) is 0 Å². The first-order valence-corrected chi connectivity index (χ1v) is 4.04. The molecule has 0 aromatic heterocycles. The summed E-state index contributed by atoms with van der Waals surface area (Å²) in [6.07, 6.45) is 5.90. The van der Waals surface area contributed by atoms with E-state index in [0.717, 1.165) is 11.5 Å².